The number of carbonyl (C=O) groups excluding carboxylic acids is 1. The second-order valence-corrected chi connectivity index (χ2v) is 4.91. The number of benzene rings is 1. The molecule has 116 valence electrons. The summed E-state index contributed by atoms with van der Waals surface area (Å²) in [7, 11) is 0. The number of carbonyl (C=O) groups is 1. The minimum atomic E-state index is -0.526. The first-order valence-electron chi connectivity index (χ1n) is 7.33. The molecule has 0 aliphatic rings. The van der Waals surface area contributed by atoms with E-state index in [1.54, 1.807) is 6.07 Å². The number of rotatable bonds is 8. The van der Waals surface area contributed by atoms with E-state index in [4.69, 9.17) is 0 Å². The maximum atomic E-state index is 12.2. The summed E-state index contributed by atoms with van der Waals surface area (Å²) in [5, 5.41) is 16.9. The molecule has 0 fully saturated rings. The van der Waals surface area contributed by atoms with E-state index in [1.807, 2.05) is 6.92 Å². The van der Waals surface area contributed by atoms with Crippen LogP contribution < -0.4 is 10.6 Å². The number of nitro benzene ring substituents is 1. The summed E-state index contributed by atoms with van der Waals surface area (Å²) >= 11 is 0. The molecule has 0 saturated carbocycles. The zero-order chi connectivity index (χ0) is 15.8. The van der Waals surface area contributed by atoms with Crippen molar-refractivity contribution in [3.8, 4) is 0 Å². The maximum Gasteiger partial charge on any atom is 0.282 e. The molecule has 0 aliphatic heterocycles. The number of amides is 1. The molecule has 1 aromatic rings. The summed E-state index contributed by atoms with van der Waals surface area (Å²) in [6.45, 7) is 7.28. The van der Waals surface area contributed by atoms with Gasteiger partial charge in [0.15, 0.2) is 0 Å². The summed E-state index contributed by atoms with van der Waals surface area (Å²) < 4.78 is 0. The molecule has 0 bridgehead atoms. The predicted molar refractivity (Wildman–Crippen MR) is 83.7 cm³/mol. The van der Waals surface area contributed by atoms with E-state index < -0.39 is 10.8 Å². The van der Waals surface area contributed by atoms with E-state index in [0.717, 1.165) is 12.8 Å². The molecular formula is C15H23N3O3. The van der Waals surface area contributed by atoms with Crippen molar-refractivity contribution in [3.63, 3.8) is 0 Å². The molecule has 0 heterocycles. The van der Waals surface area contributed by atoms with Crippen LogP contribution in [0, 0.1) is 16.0 Å². The number of nitro groups is 1. The molecule has 1 rings (SSSR count). The molecular weight excluding hydrogens is 270 g/mol. The van der Waals surface area contributed by atoms with Crippen molar-refractivity contribution < 1.29 is 9.72 Å². The molecule has 0 radical (unpaired) electrons. The Morgan fingerprint density at radius 1 is 1.29 bits per heavy atom. The fraction of sp³-hybridized carbons (Fsp3) is 0.533. The highest BCUT2D eigenvalue weighted by Crippen LogP contribution is 2.22. The van der Waals surface area contributed by atoms with Crippen LogP contribution in [0.25, 0.3) is 0 Å². The Hall–Kier alpha value is -2.11. The third-order valence-corrected chi connectivity index (χ3v) is 3.52. The van der Waals surface area contributed by atoms with Crippen LogP contribution in [0.1, 0.15) is 44.0 Å². The fourth-order valence-electron chi connectivity index (χ4n) is 2.10. The van der Waals surface area contributed by atoms with Gasteiger partial charge < -0.3 is 10.6 Å². The number of nitrogens with zero attached hydrogens (tertiary/aromatic N) is 1. The average molecular weight is 293 g/mol. The Morgan fingerprint density at radius 3 is 2.48 bits per heavy atom. The van der Waals surface area contributed by atoms with Gasteiger partial charge in [0.1, 0.15) is 5.56 Å². The number of nitrogens with one attached hydrogen (secondary N) is 2. The Labute approximate surface area is 125 Å². The van der Waals surface area contributed by atoms with E-state index in [9.17, 15) is 14.9 Å². The molecule has 0 saturated heterocycles. The summed E-state index contributed by atoms with van der Waals surface area (Å²) in [6, 6.07) is 4.51. The lowest BCUT2D eigenvalue weighted by atomic mass is 10.0. The molecule has 2 N–H and O–H groups in total. The van der Waals surface area contributed by atoms with Gasteiger partial charge in [0, 0.05) is 24.8 Å². The lowest BCUT2D eigenvalue weighted by Gasteiger charge is -2.14. The van der Waals surface area contributed by atoms with Crippen LogP contribution in [-0.2, 0) is 0 Å². The van der Waals surface area contributed by atoms with Crippen LogP contribution in [0.5, 0.6) is 0 Å². The molecule has 21 heavy (non-hydrogen) atoms. The highest BCUT2D eigenvalue weighted by molar-refractivity contribution is 5.99. The summed E-state index contributed by atoms with van der Waals surface area (Å²) in [6.07, 6.45) is 1.94. The quantitative estimate of drug-likeness (QED) is 0.569. The van der Waals surface area contributed by atoms with Crippen molar-refractivity contribution in [2.24, 2.45) is 5.92 Å². The third-order valence-electron chi connectivity index (χ3n) is 3.52. The van der Waals surface area contributed by atoms with Crippen molar-refractivity contribution in [1.82, 2.24) is 5.32 Å². The first-order valence-corrected chi connectivity index (χ1v) is 7.33. The number of hydrogen-bond acceptors (Lipinski definition) is 4. The van der Waals surface area contributed by atoms with Crippen molar-refractivity contribution in [3.05, 3.63) is 33.9 Å². The second-order valence-electron chi connectivity index (χ2n) is 4.91. The zero-order valence-electron chi connectivity index (χ0n) is 12.8. The highest BCUT2D eigenvalue weighted by atomic mass is 16.6. The molecule has 0 aliphatic carbocycles. The zero-order valence-corrected chi connectivity index (χ0v) is 12.8. The van der Waals surface area contributed by atoms with Crippen molar-refractivity contribution in [2.75, 3.05) is 18.4 Å². The lowest BCUT2D eigenvalue weighted by molar-refractivity contribution is -0.385. The van der Waals surface area contributed by atoms with Gasteiger partial charge in [-0.25, -0.2) is 0 Å². The number of anilines is 1. The van der Waals surface area contributed by atoms with Crippen LogP contribution >= 0.6 is 0 Å². The van der Waals surface area contributed by atoms with E-state index in [1.165, 1.54) is 12.1 Å². The minimum absolute atomic E-state index is 0.101. The minimum Gasteiger partial charge on any atom is -0.385 e. The van der Waals surface area contributed by atoms with E-state index in [-0.39, 0.29) is 11.3 Å². The SMILES string of the molecule is CCNc1ccc([N+](=O)[O-])c(C(=O)NCC(CC)CC)c1. The molecule has 0 spiro atoms. The van der Waals surface area contributed by atoms with Gasteiger partial charge in [0.2, 0.25) is 0 Å². The topological polar surface area (TPSA) is 84.3 Å². The van der Waals surface area contributed by atoms with Crippen molar-refractivity contribution in [2.45, 2.75) is 33.6 Å². The Kier molecular flexibility index (Phi) is 6.65. The van der Waals surface area contributed by atoms with Crippen molar-refractivity contribution in [1.29, 1.82) is 0 Å². The largest absolute Gasteiger partial charge is 0.385 e. The van der Waals surface area contributed by atoms with Gasteiger partial charge in [-0.3, -0.25) is 14.9 Å². The smallest absolute Gasteiger partial charge is 0.282 e. The molecule has 0 atom stereocenters. The highest BCUT2D eigenvalue weighted by Gasteiger charge is 2.21. The van der Waals surface area contributed by atoms with Crippen molar-refractivity contribution >= 4 is 17.3 Å². The first-order chi connectivity index (χ1) is 10.0. The van der Waals surface area contributed by atoms with Gasteiger partial charge in [-0.05, 0) is 25.0 Å². The van der Waals surface area contributed by atoms with Gasteiger partial charge in [0.25, 0.3) is 11.6 Å². The second kappa shape index (κ2) is 8.24. The lowest BCUT2D eigenvalue weighted by Crippen LogP contribution is -2.29. The van der Waals surface area contributed by atoms with Crippen LogP contribution in [-0.4, -0.2) is 23.9 Å². The first kappa shape index (κ1) is 16.9. The Balaban J connectivity index is 2.94. The molecule has 6 heteroatoms. The van der Waals surface area contributed by atoms with Gasteiger partial charge in [-0.2, -0.15) is 0 Å². The molecule has 1 aromatic carbocycles. The monoisotopic (exact) mass is 293 g/mol. The van der Waals surface area contributed by atoms with E-state index in [2.05, 4.69) is 24.5 Å². The number of hydrogen-bond donors (Lipinski definition) is 2. The van der Waals surface area contributed by atoms with Gasteiger partial charge >= 0.3 is 0 Å². The average Bonchev–Trinajstić information content (AvgIpc) is 2.48. The standard InChI is InChI=1S/C15H23N3O3/c1-4-11(5-2)10-17-15(19)13-9-12(16-6-3)7-8-14(13)18(20)21/h7-9,11,16H,4-6,10H2,1-3H3,(H,17,19). The molecule has 0 unspecified atom stereocenters. The normalized spacial score (nSPS) is 10.5. The molecule has 6 nitrogen and oxygen atoms in total. The van der Waals surface area contributed by atoms with Gasteiger partial charge in [0.05, 0.1) is 4.92 Å². The van der Waals surface area contributed by atoms with Crippen LogP contribution in [0.15, 0.2) is 18.2 Å². The van der Waals surface area contributed by atoms with Crippen LogP contribution in [0.3, 0.4) is 0 Å². The Morgan fingerprint density at radius 2 is 1.95 bits per heavy atom. The fourth-order valence-corrected chi connectivity index (χ4v) is 2.10. The van der Waals surface area contributed by atoms with Crippen LogP contribution in [0.4, 0.5) is 11.4 Å². The maximum absolute atomic E-state index is 12.2. The predicted octanol–water partition coefficient (Wildman–Crippen LogP) is 3.19. The summed E-state index contributed by atoms with van der Waals surface area (Å²) in [4.78, 5) is 22.7. The Bertz CT molecular complexity index is 499. The van der Waals surface area contributed by atoms with E-state index in [0.29, 0.717) is 24.7 Å². The summed E-state index contributed by atoms with van der Waals surface area (Å²) in [5.74, 6) is -0.00157. The van der Waals surface area contributed by atoms with Gasteiger partial charge in [-0.15, -0.1) is 0 Å². The van der Waals surface area contributed by atoms with Gasteiger partial charge in [-0.1, -0.05) is 26.7 Å². The van der Waals surface area contributed by atoms with E-state index >= 15 is 0 Å². The summed E-state index contributed by atoms with van der Waals surface area (Å²) in [5.41, 5.74) is 0.638. The van der Waals surface area contributed by atoms with Crippen LogP contribution in [0.2, 0.25) is 0 Å². The third kappa shape index (κ3) is 4.73. The molecule has 1 amide bonds. The molecule has 0 aromatic heterocycles.